The molecule has 0 aromatic carbocycles. The van der Waals surface area contributed by atoms with Crippen LogP contribution in [-0.4, -0.2) is 25.6 Å². The minimum Gasteiger partial charge on any atom is -0.315 e. The van der Waals surface area contributed by atoms with Gasteiger partial charge in [-0.3, -0.25) is 4.98 Å². The molecule has 0 radical (unpaired) electrons. The van der Waals surface area contributed by atoms with Crippen molar-refractivity contribution in [1.82, 2.24) is 19.9 Å². The molecule has 0 fully saturated rings. The van der Waals surface area contributed by atoms with Gasteiger partial charge in [0.1, 0.15) is 5.01 Å². The second kappa shape index (κ2) is 7.16. The highest BCUT2D eigenvalue weighted by Crippen LogP contribution is 2.29. The van der Waals surface area contributed by atoms with Crippen molar-refractivity contribution in [2.24, 2.45) is 5.16 Å². The molecule has 3 heterocycles. The van der Waals surface area contributed by atoms with Crippen molar-refractivity contribution in [3.8, 4) is 16.6 Å². The molecule has 0 spiro atoms. The van der Waals surface area contributed by atoms with Gasteiger partial charge < -0.3 is 4.84 Å². The minimum absolute atomic E-state index is 0.455. The van der Waals surface area contributed by atoms with E-state index in [0.29, 0.717) is 5.71 Å². The van der Waals surface area contributed by atoms with Crippen molar-refractivity contribution in [3.05, 3.63) is 53.1 Å². The molecular formula is C16H12F3N5OS. The van der Waals surface area contributed by atoms with Crippen LogP contribution in [0.2, 0.25) is 0 Å². The van der Waals surface area contributed by atoms with Crippen molar-refractivity contribution in [2.75, 3.05) is 0 Å². The summed E-state index contributed by atoms with van der Waals surface area (Å²) in [5.41, 5.74) is 0.949. The quantitative estimate of drug-likeness (QED) is 0.503. The SMILES string of the molecule is CC(=NOc1nccc(C(F)(F)F)n1)c1sc(-c2cccnc2)nc1C. The molecule has 26 heavy (non-hydrogen) atoms. The summed E-state index contributed by atoms with van der Waals surface area (Å²) in [4.78, 5) is 21.2. The first-order valence-corrected chi connectivity index (χ1v) is 8.16. The number of nitrogens with zero attached hydrogens (tertiary/aromatic N) is 5. The maximum absolute atomic E-state index is 12.7. The summed E-state index contributed by atoms with van der Waals surface area (Å²) in [6.07, 6.45) is -0.247. The van der Waals surface area contributed by atoms with Gasteiger partial charge in [-0.15, -0.1) is 11.3 Å². The number of hydrogen-bond donors (Lipinski definition) is 0. The monoisotopic (exact) mass is 379 g/mol. The van der Waals surface area contributed by atoms with E-state index in [2.05, 4.69) is 25.1 Å². The molecule has 0 saturated carbocycles. The molecule has 0 N–H and O–H groups in total. The maximum Gasteiger partial charge on any atom is 0.433 e. The lowest BCUT2D eigenvalue weighted by molar-refractivity contribution is -0.141. The summed E-state index contributed by atoms with van der Waals surface area (Å²) in [5.74, 6) is 0. The summed E-state index contributed by atoms with van der Waals surface area (Å²) < 4.78 is 38.0. The highest BCUT2D eigenvalue weighted by Gasteiger charge is 2.33. The van der Waals surface area contributed by atoms with Crippen LogP contribution in [0.3, 0.4) is 0 Å². The Morgan fingerprint density at radius 3 is 2.69 bits per heavy atom. The van der Waals surface area contributed by atoms with Crippen molar-refractivity contribution in [2.45, 2.75) is 20.0 Å². The Kier molecular flexibility index (Phi) is 4.94. The standard InChI is InChI=1S/C16H12F3N5OS/c1-9-13(26-14(22-9)11-4-3-6-20-8-11)10(2)24-25-15-21-7-5-12(23-15)16(17,18)19/h3-8H,1-2H3. The van der Waals surface area contributed by atoms with Crippen molar-refractivity contribution < 1.29 is 18.0 Å². The van der Waals surface area contributed by atoms with Crippen LogP contribution >= 0.6 is 11.3 Å². The summed E-state index contributed by atoms with van der Waals surface area (Å²) in [5, 5.41) is 4.59. The van der Waals surface area contributed by atoms with E-state index < -0.39 is 17.9 Å². The summed E-state index contributed by atoms with van der Waals surface area (Å²) in [7, 11) is 0. The maximum atomic E-state index is 12.7. The van der Waals surface area contributed by atoms with Crippen LogP contribution in [-0.2, 0) is 6.18 Å². The number of hydrogen-bond acceptors (Lipinski definition) is 7. The average molecular weight is 379 g/mol. The Labute approximate surface area is 150 Å². The number of thiazole rings is 1. The highest BCUT2D eigenvalue weighted by atomic mass is 32.1. The van der Waals surface area contributed by atoms with Crippen LogP contribution in [0.5, 0.6) is 6.01 Å². The smallest absolute Gasteiger partial charge is 0.315 e. The predicted molar refractivity (Wildman–Crippen MR) is 90.0 cm³/mol. The topological polar surface area (TPSA) is 73.2 Å². The zero-order valence-electron chi connectivity index (χ0n) is 13.7. The van der Waals surface area contributed by atoms with Gasteiger partial charge in [0, 0.05) is 24.2 Å². The summed E-state index contributed by atoms with van der Waals surface area (Å²) in [6.45, 7) is 3.48. The first-order valence-electron chi connectivity index (χ1n) is 7.34. The molecule has 0 bridgehead atoms. The summed E-state index contributed by atoms with van der Waals surface area (Å²) >= 11 is 1.38. The number of halogens is 3. The van der Waals surface area contributed by atoms with Gasteiger partial charge in [0.05, 0.1) is 16.3 Å². The zero-order chi connectivity index (χ0) is 18.7. The third kappa shape index (κ3) is 4.02. The molecule has 10 heteroatoms. The third-order valence-electron chi connectivity index (χ3n) is 3.22. The second-order valence-electron chi connectivity index (χ2n) is 5.17. The van der Waals surface area contributed by atoms with Crippen LogP contribution in [0.25, 0.3) is 10.6 Å². The molecule has 0 unspecified atom stereocenters. The fourth-order valence-corrected chi connectivity index (χ4v) is 3.03. The van der Waals surface area contributed by atoms with Gasteiger partial charge in [-0.05, 0) is 32.0 Å². The minimum atomic E-state index is -4.58. The molecule has 0 aliphatic carbocycles. The van der Waals surface area contributed by atoms with Gasteiger partial charge in [-0.2, -0.15) is 18.2 Å². The molecule has 3 aromatic rings. The lowest BCUT2D eigenvalue weighted by atomic mass is 10.3. The van der Waals surface area contributed by atoms with E-state index in [9.17, 15) is 13.2 Å². The third-order valence-corrected chi connectivity index (χ3v) is 4.54. The van der Waals surface area contributed by atoms with Crippen LogP contribution in [0.15, 0.2) is 41.9 Å². The highest BCUT2D eigenvalue weighted by molar-refractivity contribution is 7.17. The second-order valence-corrected chi connectivity index (χ2v) is 6.16. The van der Waals surface area contributed by atoms with Crippen LogP contribution < -0.4 is 4.84 Å². The molecule has 134 valence electrons. The zero-order valence-corrected chi connectivity index (χ0v) is 14.5. The van der Waals surface area contributed by atoms with Crippen molar-refractivity contribution >= 4 is 17.0 Å². The molecule has 0 atom stereocenters. The Hall–Kier alpha value is -2.88. The van der Waals surface area contributed by atoms with Crippen molar-refractivity contribution in [3.63, 3.8) is 0 Å². The van der Waals surface area contributed by atoms with Gasteiger partial charge in [0.25, 0.3) is 0 Å². The molecule has 0 amide bonds. The Bertz CT molecular complexity index is 941. The Morgan fingerprint density at radius 2 is 2.00 bits per heavy atom. The fraction of sp³-hybridized carbons (Fsp3) is 0.188. The normalized spacial score (nSPS) is 12.3. The van der Waals surface area contributed by atoms with Gasteiger partial charge in [-0.25, -0.2) is 9.97 Å². The van der Waals surface area contributed by atoms with Gasteiger partial charge >= 0.3 is 12.2 Å². The van der Waals surface area contributed by atoms with Crippen molar-refractivity contribution in [1.29, 1.82) is 0 Å². The molecule has 0 saturated heterocycles. The van der Waals surface area contributed by atoms with Crippen LogP contribution in [0, 0.1) is 6.92 Å². The molecule has 0 aliphatic heterocycles. The first-order chi connectivity index (χ1) is 12.3. The van der Waals surface area contributed by atoms with E-state index in [1.54, 1.807) is 25.4 Å². The van der Waals surface area contributed by atoms with E-state index >= 15 is 0 Å². The number of aromatic nitrogens is 4. The molecule has 0 aliphatic rings. The van der Waals surface area contributed by atoms with Crippen LogP contribution in [0.1, 0.15) is 23.2 Å². The Balaban J connectivity index is 1.82. The molecular weight excluding hydrogens is 367 g/mol. The lowest BCUT2D eigenvalue weighted by Gasteiger charge is -2.05. The van der Waals surface area contributed by atoms with Gasteiger partial charge in [0.15, 0.2) is 5.69 Å². The number of rotatable bonds is 4. The number of aryl methyl sites for hydroxylation is 1. The van der Waals surface area contributed by atoms with E-state index in [1.165, 1.54) is 11.3 Å². The molecule has 6 nitrogen and oxygen atoms in total. The van der Waals surface area contributed by atoms with Gasteiger partial charge in [0.2, 0.25) is 0 Å². The fourth-order valence-electron chi connectivity index (χ4n) is 2.04. The largest absolute Gasteiger partial charge is 0.433 e. The predicted octanol–water partition coefficient (Wildman–Crippen LogP) is 4.13. The van der Waals surface area contributed by atoms with E-state index in [0.717, 1.165) is 33.4 Å². The average Bonchev–Trinajstić information content (AvgIpc) is 3.02. The van der Waals surface area contributed by atoms with Gasteiger partial charge in [-0.1, -0.05) is 5.16 Å². The number of alkyl halides is 3. The lowest BCUT2D eigenvalue weighted by Crippen LogP contribution is -2.09. The van der Waals surface area contributed by atoms with E-state index in [-0.39, 0.29) is 0 Å². The Morgan fingerprint density at radius 1 is 1.19 bits per heavy atom. The van der Waals surface area contributed by atoms with E-state index in [1.807, 2.05) is 13.0 Å². The molecule has 3 aromatic heterocycles. The van der Waals surface area contributed by atoms with E-state index in [4.69, 9.17) is 4.84 Å². The molecule has 3 rings (SSSR count). The van der Waals surface area contributed by atoms with Crippen LogP contribution in [0.4, 0.5) is 13.2 Å². The number of oxime groups is 1. The summed E-state index contributed by atoms with van der Waals surface area (Å²) in [6, 6.07) is 3.97. The number of pyridine rings is 1. The first kappa shape index (κ1) is 17.9.